The van der Waals surface area contributed by atoms with Gasteiger partial charge in [-0.1, -0.05) is 12.8 Å². The average molecular weight is 154 g/mol. The zero-order chi connectivity index (χ0) is 7.52. The topological polar surface area (TPSA) is 15.3 Å². The highest BCUT2D eigenvalue weighted by atomic mass is 15.3. The Balaban J connectivity index is 1.93. The van der Waals surface area contributed by atoms with Crippen LogP contribution < -0.4 is 5.32 Å². The molecule has 0 spiro atoms. The Kier molecular flexibility index (Phi) is 2.44. The maximum absolute atomic E-state index is 3.59. The van der Waals surface area contributed by atoms with Gasteiger partial charge < -0.3 is 5.32 Å². The van der Waals surface area contributed by atoms with Gasteiger partial charge in [0.2, 0.25) is 0 Å². The first-order valence-electron chi connectivity index (χ1n) is 4.94. The van der Waals surface area contributed by atoms with Crippen molar-refractivity contribution in [1.82, 2.24) is 10.2 Å². The standard InChI is InChI=1S/C9H18N2/c1-2-5-9-10-6-4-8-11(9)7-3-1/h9-10H,1-8H2/t9-/m0/s1. The van der Waals surface area contributed by atoms with Crippen LogP contribution in [0.3, 0.4) is 0 Å². The van der Waals surface area contributed by atoms with Gasteiger partial charge in [0, 0.05) is 6.54 Å². The van der Waals surface area contributed by atoms with E-state index in [0.29, 0.717) is 0 Å². The van der Waals surface area contributed by atoms with E-state index in [-0.39, 0.29) is 0 Å². The summed E-state index contributed by atoms with van der Waals surface area (Å²) in [5, 5.41) is 3.59. The molecule has 1 atom stereocenters. The minimum Gasteiger partial charge on any atom is -0.302 e. The molecular formula is C9H18N2. The summed E-state index contributed by atoms with van der Waals surface area (Å²) < 4.78 is 0. The van der Waals surface area contributed by atoms with Crippen molar-refractivity contribution in [2.45, 2.75) is 38.3 Å². The van der Waals surface area contributed by atoms with Crippen molar-refractivity contribution in [2.75, 3.05) is 19.6 Å². The van der Waals surface area contributed by atoms with Gasteiger partial charge in [0.15, 0.2) is 0 Å². The van der Waals surface area contributed by atoms with E-state index in [9.17, 15) is 0 Å². The summed E-state index contributed by atoms with van der Waals surface area (Å²) in [7, 11) is 0. The van der Waals surface area contributed by atoms with E-state index in [1.54, 1.807) is 0 Å². The lowest BCUT2D eigenvalue weighted by atomic mass is 10.2. The van der Waals surface area contributed by atoms with E-state index in [1.807, 2.05) is 0 Å². The van der Waals surface area contributed by atoms with Crippen LogP contribution in [-0.4, -0.2) is 30.7 Å². The molecule has 0 aromatic heterocycles. The lowest BCUT2D eigenvalue weighted by Gasteiger charge is -2.34. The number of nitrogens with zero attached hydrogens (tertiary/aromatic N) is 1. The Morgan fingerprint density at radius 1 is 1.00 bits per heavy atom. The molecule has 2 aliphatic rings. The second-order valence-corrected chi connectivity index (χ2v) is 3.71. The SMILES string of the molecule is C1CC[C@H]2NCCCN2CC1. The minimum atomic E-state index is 0.728. The molecule has 2 heterocycles. The monoisotopic (exact) mass is 154 g/mol. The molecule has 0 radical (unpaired) electrons. The fourth-order valence-corrected chi connectivity index (χ4v) is 2.22. The van der Waals surface area contributed by atoms with Gasteiger partial charge in [0.05, 0.1) is 6.17 Å². The summed E-state index contributed by atoms with van der Waals surface area (Å²) in [6.45, 7) is 3.90. The van der Waals surface area contributed by atoms with Crippen LogP contribution in [0.2, 0.25) is 0 Å². The van der Waals surface area contributed by atoms with Gasteiger partial charge in [-0.3, -0.25) is 4.90 Å². The number of fused-ring (bicyclic) bond motifs is 1. The molecule has 2 heteroatoms. The maximum Gasteiger partial charge on any atom is 0.0597 e. The van der Waals surface area contributed by atoms with Crippen LogP contribution >= 0.6 is 0 Å². The summed E-state index contributed by atoms with van der Waals surface area (Å²) >= 11 is 0. The molecule has 1 N–H and O–H groups in total. The molecule has 0 bridgehead atoms. The van der Waals surface area contributed by atoms with Gasteiger partial charge in [0.1, 0.15) is 0 Å². The van der Waals surface area contributed by atoms with Crippen molar-refractivity contribution in [3.8, 4) is 0 Å². The van der Waals surface area contributed by atoms with Crippen molar-refractivity contribution in [3.63, 3.8) is 0 Å². The first kappa shape index (κ1) is 7.56. The van der Waals surface area contributed by atoms with Gasteiger partial charge in [-0.2, -0.15) is 0 Å². The molecule has 2 rings (SSSR count). The lowest BCUT2D eigenvalue weighted by Crippen LogP contribution is -2.50. The Labute approximate surface area is 69.0 Å². The predicted octanol–water partition coefficient (Wildman–Crippen LogP) is 1.18. The third-order valence-corrected chi connectivity index (χ3v) is 2.87. The fourth-order valence-electron chi connectivity index (χ4n) is 2.22. The van der Waals surface area contributed by atoms with E-state index >= 15 is 0 Å². The Morgan fingerprint density at radius 2 is 1.91 bits per heavy atom. The number of hydrogen-bond donors (Lipinski definition) is 1. The molecule has 11 heavy (non-hydrogen) atoms. The Morgan fingerprint density at radius 3 is 2.91 bits per heavy atom. The van der Waals surface area contributed by atoms with Crippen molar-refractivity contribution in [2.24, 2.45) is 0 Å². The maximum atomic E-state index is 3.59. The van der Waals surface area contributed by atoms with Gasteiger partial charge in [-0.25, -0.2) is 0 Å². The van der Waals surface area contributed by atoms with Crippen LogP contribution in [-0.2, 0) is 0 Å². The average Bonchev–Trinajstić information content (AvgIpc) is 2.28. The van der Waals surface area contributed by atoms with Crippen molar-refractivity contribution < 1.29 is 0 Å². The van der Waals surface area contributed by atoms with Crippen LogP contribution in [0, 0.1) is 0 Å². The first-order chi connectivity index (χ1) is 5.47. The molecule has 0 aliphatic carbocycles. The lowest BCUT2D eigenvalue weighted by molar-refractivity contribution is 0.134. The highest BCUT2D eigenvalue weighted by Crippen LogP contribution is 2.17. The minimum absolute atomic E-state index is 0.728. The summed E-state index contributed by atoms with van der Waals surface area (Å²) in [5.74, 6) is 0. The van der Waals surface area contributed by atoms with E-state index in [0.717, 1.165) is 6.17 Å². The smallest absolute Gasteiger partial charge is 0.0597 e. The number of rotatable bonds is 0. The van der Waals surface area contributed by atoms with Crippen LogP contribution in [0.15, 0.2) is 0 Å². The highest BCUT2D eigenvalue weighted by Gasteiger charge is 2.22. The van der Waals surface area contributed by atoms with Crippen LogP contribution in [0.5, 0.6) is 0 Å². The van der Waals surface area contributed by atoms with Gasteiger partial charge >= 0.3 is 0 Å². The molecule has 2 fully saturated rings. The van der Waals surface area contributed by atoms with Crippen LogP contribution in [0.25, 0.3) is 0 Å². The van der Waals surface area contributed by atoms with E-state index in [4.69, 9.17) is 0 Å². The summed E-state index contributed by atoms with van der Waals surface area (Å²) in [6.07, 6.45) is 7.73. The number of hydrogen-bond acceptors (Lipinski definition) is 2. The van der Waals surface area contributed by atoms with Crippen molar-refractivity contribution >= 4 is 0 Å². The van der Waals surface area contributed by atoms with Crippen molar-refractivity contribution in [3.05, 3.63) is 0 Å². The largest absolute Gasteiger partial charge is 0.302 e. The number of nitrogens with one attached hydrogen (secondary N) is 1. The Hall–Kier alpha value is -0.0800. The first-order valence-corrected chi connectivity index (χ1v) is 4.94. The quantitative estimate of drug-likeness (QED) is 0.563. The van der Waals surface area contributed by atoms with E-state index in [2.05, 4.69) is 10.2 Å². The predicted molar refractivity (Wildman–Crippen MR) is 46.4 cm³/mol. The molecule has 0 aromatic carbocycles. The van der Waals surface area contributed by atoms with Gasteiger partial charge in [-0.15, -0.1) is 0 Å². The normalized spacial score (nSPS) is 34.4. The highest BCUT2D eigenvalue weighted by molar-refractivity contribution is 4.77. The molecule has 0 amide bonds. The molecule has 0 aromatic rings. The zero-order valence-electron chi connectivity index (χ0n) is 7.18. The van der Waals surface area contributed by atoms with Gasteiger partial charge in [0.25, 0.3) is 0 Å². The molecule has 0 saturated carbocycles. The summed E-state index contributed by atoms with van der Waals surface area (Å²) in [5.41, 5.74) is 0. The van der Waals surface area contributed by atoms with Crippen LogP contribution in [0.4, 0.5) is 0 Å². The third-order valence-electron chi connectivity index (χ3n) is 2.87. The van der Waals surface area contributed by atoms with Crippen LogP contribution in [0.1, 0.15) is 32.1 Å². The summed E-state index contributed by atoms with van der Waals surface area (Å²) in [4.78, 5) is 2.62. The molecule has 2 nitrogen and oxygen atoms in total. The second kappa shape index (κ2) is 3.55. The zero-order valence-corrected chi connectivity index (χ0v) is 7.18. The van der Waals surface area contributed by atoms with E-state index < -0.39 is 0 Å². The van der Waals surface area contributed by atoms with E-state index in [1.165, 1.54) is 51.7 Å². The van der Waals surface area contributed by atoms with Gasteiger partial charge in [-0.05, 0) is 32.4 Å². The Bertz CT molecular complexity index is 111. The molecule has 2 saturated heterocycles. The molecule has 0 unspecified atom stereocenters. The second-order valence-electron chi connectivity index (χ2n) is 3.71. The summed E-state index contributed by atoms with van der Waals surface area (Å²) in [6, 6.07) is 0. The fraction of sp³-hybridized carbons (Fsp3) is 1.00. The molecule has 2 aliphatic heterocycles. The third kappa shape index (κ3) is 1.74. The molecule has 64 valence electrons. The molecular weight excluding hydrogens is 136 g/mol. The van der Waals surface area contributed by atoms with Crippen molar-refractivity contribution in [1.29, 1.82) is 0 Å².